The maximum absolute atomic E-state index is 14.5. The molecule has 8 fully saturated rings. The Morgan fingerprint density at radius 2 is 1.14 bits per heavy atom. The molecule has 1 spiro atoms. The monoisotopic (exact) mass is 1240 g/mol. The van der Waals surface area contributed by atoms with E-state index >= 15 is 0 Å². The van der Waals surface area contributed by atoms with Crippen LogP contribution in [0.15, 0.2) is 11.1 Å². The maximum Gasteiger partial charge on any atom is 0.313 e. The number of cyclic esters (lactones) is 1. The third-order valence-electron chi connectivity index (χ3n) is 22.0. The van der Waals surface area contributed by atoms with Gasteiger partial charge in [-0.15, -0.1) is 0 Å². The molecule has 27 nitrogen and oxygen atoms in total. The lowest BCUT2D eigenvalue weighted by Crippen LogP contribution is -2.66. The number of hydrogen-bond donors (Lipinski definition) is 14. The summed E-state index contributed by atoms with van der Waals surface area (Å²) < 4.78 is 71.9. The van der Waals surface area contributed by atoms with Gasteiger partial charge in [0.15, 0.2) is 31.5 Å². The molecule has 0 aromatic heterocycles. The van der Waals surface area contributed by atoms with Crippen LogP contribution in [-0.2, 0) is 61.6 Å². The zero-order chi connectivity index (χ0) is 62.5. The third kappa shape index (κ3) is 11.4. The van der Waals surface area contributed by atoms with Gasteiger partial charge in [0.2, 0.25) is 0 Å². The molecule has 6 heterocycles. The summed E-state index contributed by atoms with van der Waals surface area (Å²) in [5.41, 5.74) is -0.0915. The molecular formula is C59H96O27. The molecule has 494 valence electrons. The Hall–Kier alpha value is -1.79. The first-order chi connectivity index (χ1) is 40.5. The van der Waals surface area contributed by atoms with Crippen LogP contribution >= 0.6 is 0 Å². The van der Waals surface area contributed by atoms with E-state index in [-0.39, 0.29) is 29.1 Å². The summed E-state index contributed by atoms with van der Waals surface area (Å²) in [5.74, 6) is 0.146. The van der Waals surface area contributed by atoms with Gasteiger partial charge in [-0.1, -0.05) is 52.7 Å². The lowest BCUT2D eigenvalue weighted by Gasteiger charge is -2.62. The van der Waals surface area contributed by atoms with E-state index < -0.39 is 208 Å². The Morgan fingerprint density at radius 1 is 0.547 bits per heavy atom. The first kappa shape index (κ1) is 67.1. The molecule has 10 aliphatic rings. The molecule has 6 saturated heterocycles. The van der Waals surface area contributed by atoms with E-state index in [1.165, 1.54) is 18.3 Å². The van der Waals surface area contributed by atoms with Gasteiger partial charge in [0.1, 0.15) is 115 Å². The highest BCUT2D eigenvalue weighted by Gasteiger charge is 2.75. The van der Waals surface area contributed by atoms with E-state index in [0.717, 1.165) is 32.1 Å². The molecule has 1 unspecified atom stereocenters. The number of carbonyl (C=O) groups is 1. The standard InChI is InChI=1S/C59H96O27/c1-24(2)17-25(63)18-58(7)34-12-15-57(6)27-9-10-33-55(3,4)35(13-14-56(33,5)26(27)11-16-59(34,57)54(74)86-58)82-53-48(38(67)32(23-77-53)81-50-41(70)39(68)36(65)29(19-60)78-50)85-51-42(71)40(69)46(31(21-62)80-51)84-49-43(72)45(28(64)22-76-49)83-52-44(73)47(75-8)37(66)30(20-61)79-52/h24-25,28-53,60-73H,9-23H2,1-8H3/t25-,28-,29-,30-,31-,32-,33+,34-,35?,36-,37-,38+,39+,40-,41-,42-,43+,44-,45+,46-,47+,48-,49+,50+,51+,52+,53+,56-,57+,58+,59-/m1/s1. The van der Waals surface area contributed by atoms with E-state index in [1.54, 1.807) is 0 Å². The summed E-state index contributed by atoms with van der Waals surface area (Å²) >= 11 is 0. The Balaban J connectivity index is 0.866. The van der Waals surface area contributed by atoms with Crippen molar-refractivity contribution >= 4 is 5.97 Å². The van der Waals surface area contributed by atoms with Gasteiger partial charge in [-0.3, -0.25) is 4.79 Å². The van der Waals surface area contributed by atoms with Crippen LogP contribution in [0.4, 0.5) is 0 Å². The number of allylic oxidation sites excluding steroid dienone is 2. The minimum atomic E-state index is -2.06. The number of rotatable bonds is 18. The summed E-state index contributed by atoms with van der Waals surface area (Å²) in [5, 5.41) is 154. The first-order valence-corrected chi connectivity index (χ1v) is 30.8. The lowest BCUT2D eigenvalue weighted by molar-refractivity contribution is -0.392. The average Bonchev–Trinajstić information content (AvgIpc) is 1.46. The van der Waals surface area contributed by atoms with Crippen LogP contribution in [0.5, 0.6) is 0 Å². The topological polar surface area (TPSA) is 411 Å². The molecule has 31 atom stereocenters. The highest BCUT2D eigenvalue weighted by molar-refractivity contribution is 5.83. The van der Waals surface area contributed by atoms with E-state index in [9.17, 15) is 76.3 Å². The fourth-order valence-electron chi connectivity index (χ4n) is 17.5. The number of carbonyl (C=O) groups excluding carboxylic acids is 1. The number of ether oxygens (including phenoxy) is 12. The van der Waals surface area contributed by atoms with Crippen molar-refractivity contribution in [3.63, 3.8) is 0 Å². The summed E-state index contributed by atoms with van der Waals surface area (Å²) in [6, 6.07) is 0. The quantitative estimate of drug-likeness (QED) is 0.0488. The van der Waals surface area contributed by atoms with Crippen LogP contribution < -0.4 is 0 Å². The van der Waals surface area contributed by atoms with Gasteiger partial charge in [0.25, 0.3) is 0 Å². The van der Waals surface area contributed by atoms with Crippen LogP contribution in [0.25, 0.3) is 0 Å². The van der Waals surface area contributed by atoms with Crippen LogP contribution in [0.2, 0.25) is 0 Å². The minimum absolute atomic E-state index is 0.0359. The van der Waals surface area contributed by atoms with Crippen LogP contribution in [0.3, 0.4) is 0 Å². The van der Waals surface area contributed by atoms with Crippen molar-refractivity contribution in [2.24, 2.45) is 39.4 Å². The molecule has 86 heavy (non-hydrogen) atoms. The number of fused-ring (bicyclic) bond motifs is 3. The van der Waals surface area contributed by atoms with Gasteiger partial charge in [-0.25, -0.2) is 0 Å². The second-order valence-electron chi connectivity index (χ2n) is 27.8. The molecule has 0 aromatic carbocycles. The maximum atomic E-state index is 14.5. The van der Waals surface area contributed by atoms with E-state index in [2.05, 4.69) is 41.5 Å². The van der Waals surface area contributed by atoms with E-state index in [1.807, 2.05) is 6.92 Å². The Morgan fingerprint density at radius 3 is 1.80 bits per heavy atom. The molecule has 2 saturated carbocycles. The smallest absolute Gasteiger partial charge is 0.313 e. The minimum Gasteiger partial charge on any atom is -0.458 e. The van der Waals surface area contributed by atoms with Crippen LogP contribution in [0.1, 0.15) is 113 Å². The molecule has 4 aliphatic carbocycles. The highest BCUT2D eigenvalue weighted by atomic mass is 16.8. The summed E-state index contributed by atoms with van der Waals surface area (Å²) in [6.07, 6.45) is -32.8. The van der Waals surface area contributed by atoms with Gasteiger partial charge in [0.05, 0.1) is 50.7 Å². The molecule has 0 bridgehead atoms. The summed E-state index contributed by atoms with van der Waals surface area (Å²) in [4.78, 5) is 14.5. The van der Waals surface area contributed by atoms with Gasteiger partial charge >= 0.3 is 5.97 Å². The predicted octanol–water partition coefficient (Wildman–Crippen LogP) is -2.76. The largest absolute Gasteiger partial charge is 0.458 e. The van der Waals surface area contributed by atoms with Gasteiger partial charge in [0, 0.05) is 24.9 Å². The molecule has 27 heteroatoms. The second kappa shape index (κ2) is 25.6. The zero-order valence-corrected chi connectivity index (χ0v) is 50.3. The number of hydrogen-bond acceptors (Lipinski definition) is 27. The number of aliphatic hydroxyl groups is 14. The molecule has 0 radical (unpaired) electrons. The van der Waals surface area contributed by atoms with Crippen molar-refractivity contribution in [2.45, 2.75) is 272 Å². The van der Waals surface area contributed by atoms with Crippen molar-refractivity contribution in [3.8, 4) is 0 Å². The van der Waals surface area contributed by atoms with Crippen molar-refractivity contribution in [2.75, 3.05) is 40.1 Å². The Labute approximate surface area is 500 Å². The normalized spacial score (nSPS) is 51.6. The molecule has 0 amide bonds. The summed E-state index contributed by atoms with van der Waals surface area (Å²) in [6.45, 7) is 11.6. The van der Waals surface area contributed by atoms with Crippen LogP contribution in [0, 0.1) is 39.4 Å². The van der Waals surface area contributed by atoms with Gasteiger partial charge < -0.3 is 128 Å². The SMILES string of the molecule is CO[C@@H]1[C@@H](O)[C@H](O[C@@H]2[C@H](O)[C@H](O[C@H]3[C@H](O)[C@@H](O)[C@H](O[C@H]4[C@H](OC5CC[C@]6(C)C7=C(CC[C@H]6C5(C)C)[C@]5(C)CC[C@H]6[C@]5(CC7)C(=O)O[C@@]6(C)C[C@H](O)CC(C)C)OC[C@@H](O[C@@H]5O[C@H](CO)[C@@H](O)[C@H](O)[C@H]5O)[C@@H]4O)O[C@@H]3CO)OC[C@H]2O)O[C@H](CO)[C@H]1O. The highest BCUT2D eigenvalue weighted by Crippen LogP contribution is 2.75. The fourth-order valence-corrected chi connectivity index (χ4v) is 17.5. The molecule has 10 rings (SSSR count). The molecule has 14 N–H and O–H groups in total. The van der Waals surface area contributed by atoms with Crippen molar-refractivity contribution in [3.05, 3.63) is 11.1 Å². The lowest BCUT2D eigenvalue weighted by atomic mass is 9.43. The van der Waals surface area contributed by atoms with E-state index in [4.69, 9.17) is 56.8 Å². The Kier molecular flexibility index (Phi) is 20.0. The van der Waals surface area contributed by atoms with Gasteiger partial charge in [-0.2, -0.15) is 0 Å². The first-order valence-electron chi connectivity index (χ1n) is 30.8. The predicted molar refractivity (Wildman–Crippen MR) is 290 cm³/mol. The van der Waals surface area contributed by atoms with Crippen LogP contribution in [-0.4, -0.2) is 277 Å². The number of esters is 1. The van der Waals surface area contributed by atoms with Crippen molar-refractivity contribution < 1.29 is 133 Å². The third-order valence-corrected chi connectivity index (χ3v) is 22.0. The summed E-state index contributed by atoms with van der Waals surface area (Å²) in [7, 11) is 1.20. The van der Waals surface area contributed by atoms with Gasteiger partial charge in [-0.05, 0) is 87.4 Å². The number of aliphatic hydroxyl groups excluding tert-OH is 14. The number of methoxy groups -OCH3 is 1. The fraction of sp³-hybridized carbons (Fsp3) is 0.949. The van der Waals surface area contributed by atoms with E-state index in [0.29, 0.717) is 32.1 Å². The molecule has 6 aliphatic heterocycles. The Bertz CT molecular complexity index is 2360. The molecule has 0 aromatic rings. The zero-order valence-electron chi connectivity index (χ0n) is 50.3. The van der Waals surface area contributed by atoms with Crippen molar-refractivity contribution in [1.29, 1.82) is 0 Å². The van der Waals surface area contributed by atoms with Crippen molar-refractivity contribution in [1.82, 2.24) is 0 Å². The average molecular weight is 1240 g/mol. The second-order valence-corrected chi connectivity index (χ2v) is 27.8. The molecular weight excluding hydrogens is 1140 g/mol.